The van der Waals surface area contributed by atoms with Crippen LogP contribution in [0.5, 0.6) is 0 Å². The summed E-state index contributed by atoms with van der Waals surface area (Å²) in [7, 11) is -7.88. The molecule has 0 amide bonds. The lowest BCUT2D eigenvalue weighted by Crippen LogP contribution is -2.42. The number of hydrogen-bond acceptors (Lipinski definition) is 10. The minimum atomic E-state index is -3.94. The molecule has 2 saturated heterocycles. The van der Waals surface area contributed by atoms with Crippen molar-refractivity contribution >= 4 is 58.9 Å². The zero-order chi connectivity index (χ0) is 36.5. The van der Waals surface area contributed by atoms with E-state index in [9.17, 15) is 26.5 Å². The number of esters is 1. The number of carbonyl (C=O) groups excluding carboxylic acids is 1. The Labute approximate surface area is 295 Å². The van der Waals surface area contributed by atoms with Crippen molar-refractivity contribution in [2.45, 2.75) is 77.5 Å². The normalized spacial score (nSPS) is 23.8. The number of fused-ring (bicyclic) bond motifs is 2. The minimum Gasteiger partial charge on any atom is -0.436 e. The van der Waals surface area contributed by atoms with Gasteiger partial charge in [0, 0.05) is 47.7 Å². The maximum Gasteiger partial charge on any atom is 0.311 e. The molecule has 274 valence electrons. The Bertz CT molecular complexity index is 1830. The first-order valence-corrected chi connectivity index (χ1v) is 20.4. The molecule has 2 fully saturated rings. The number of nitrogens with zero attached hydrogens (tertiary/aromatic N) is 3. The summed E-state index contributed by atoms with van der Waals surface area (Å²) >= 11 is 0. The van der Waals surface area contributed by atoms with Crippen LogP contribution in [-0.2, 0) is 34.4 Å². The molecule has 0 radical (unpaired) electrons. The number of benzene rings is 3. The van der Waals surface area contributed by atoms with E-state index in [0.29, 0.717) is 37.0 Å². The van der Waals surface area contributed by atoms with Crippen molar-refractivity contribution in [3.8, 4) is 0 Å². The molecule has 2 aliphatic heterocycles. The van der Waals surface area contributed by atoms with Crippen molar-refractivity contribution in [3.63, 3.8) is 0 Å². The van der Waals surface area contributed by atoms with Crippen molar-refractivity contribution in [1.29, 1.82) is 0 Å². The number of hydrogen-bond donors (Lipinski definition) is 1. The van der Waals surface area contributed by atoms with Crippen molar-refractivity contribution in [3.05, 3.63) is 41.3 Å². The summed E-state index contributed by atoms with van der Waals surface area (Å²) in [6, 6.07) is 8.91. The lowest BCUT2D eigenvalue weighted by atomic mass is 9.94. The van der Waals surface area contributed by atoms with Gasteiger partial charge in [0.15, 0.2) is 0 Å². The first-order valence-electron chi connectivity index (χ1n) is 17.5. The number of nitroso groups, excluding NO2 is 1. The number of sulfonamides is 2. The van der Waals surface area contributed by atoms with Crippen LogP contribution < -0.4 is 5.48 Å². The molecular weight excluding hydrogens is 681 g/mol. The van der Waals surface area contributed by atoms with Gasteiger partial charge in [-0.15, -0.1) is 4.91 Å². The van der Waals surface area contributed by atoms with Gasteiger partial charge in [0.25, 0.3) is 0 Å². The van der Waals surface area contributed by atoms with E-state index in [-0.39, 0.29) is 67.4 Å². The highest BCUT2D eigenvalue weighted by Crippen LogP contribution is 2.44. The summed E-state index contributed by atoms with van der Waals surface area (Å²) in [5.41, 5.74) is 3.07. The second-order valence-electron chi connectivity index (χ2n) is 14.8. The maximum absolute atomic E-state index is 14.0. The fourth-order valence-corrected chi connectivity index (χ4v) is 10.9. The molecule has 50 heavy (non-hydrogen) atoms. The van der Waals surface area contributed by atoms with Gasteiger partial charge in [-0.05, 0) is 71.9 Å². The van der Waals surface area contributed by atoms with E-state index >= 15 is 0 Å². The molecule has 2 heterocycles. The van der Waals surface area contributed by atoms with Crippen LogP contribution in [0.3, 0.4) is 0 Å². The van der Waals surface area contributed by atoms with E-state index in [2.05, 4.69) is 10.7 Å². The number of carbonyl (C=O) groups is 1. The molecule has 0 bridgehead atoms. The fourth-order valence-electron chi connectivity index (χ4n) is 7.50. The van der Waals surface area contributed by atoms with Gasteiger partial charge >= 0.3 is 5.97 Å². The third-order valence-electron chi connectivity index (χ3n) is 10.4. The third-order valence-corrected chi connectivity index (χ3v) is 14.0. The van der Waals surface area contributed by atoms with Crippen LogP contribution in [0.2, 0.25) is 0 Å². The van der Waals surface area contributed by atoms with E-state index < -0.39 is 32.8 Å². The highest BCUT2D eigenvalue weighted by molar-refractivity contribution is 7.89. The number of rotatable bonds is 12. The van der Waals surface area contributed by atoms with Crippen LogP contribution in [0.1, 0.15) is 67.7 Å². The van der Waals surface area contributed by atoms with E-state index in [0.717, 1.165) is 19.3 Å². The summed E-state index contributed by atoms with van der Waals surface area (Å²) in [6.07, 6.45) is 2.65. The monoisotopic (exact) mass is 730 g/mol. The third kappa shape index (κ3) is 7.69. The predicted octanol–water partition coefficient (Wildman–Crippen LogP) is 7.25. The number of ether oxygens (including phenoxy) is 1. The number of anilines is 1. The molecule has 6 atom stereocenters. The summed E-state index contributed by atoms with van der Waals surface area (Å²) in [5.74, 6) is 0.0529. The van der Waals surface area contributed by atoms with Gasteiger partial charge in [-0.3, -0.25) is 10.3 Å². The molecule has 0 aromatic heterocycles. The molecule has 1 N–H and O–H groups in total. The SMILES string of the molecule is CCC(C)C(C)C(=O)OCONc1c2cc(S(=O)(=O)N3C[C@H](C)C[C@H](C)C3)ccc2c(N=O)c2ccc(S(=O)(=O)N3C[C@H](C)C[C@H](C)C3)cc12. The van der Waals surface area contributed by atoms with Gasteiger partial charge in [0.2, 0.25) is 26.8 Å². The van der Waals surface area contributed by atoms with Gasteiger partial charge < -0.3 is 4.74 Å². The molecule has 12 nitrogen and oxygen atoms in total. The quantitative estimate of drug-likeness (QED) is 0.0507. The van der Waals surface area contributed by atoms with E-state index in [1.165, 1.54) is 45.0 Å². The molecule has 3 aromatic rings. The number of piperidine rings is 2. The highest BCUT2D eigenvalue weighted by atomic mass is 32.2. The fraction of sp³-hybridized carbons (Fsp3) is 0.583. The van der Waals surface area contributed by atoms with Crippen molar-refractivity contribution in [2.75, 3.05) is 38.5 Å². The highest BCUT2D eigenvalue weighted by Gasteiger charge is 2.34. The Morgan fingerprint density at radius 3 is 1.64 bits per heavy atom. The molecule has 0 saturated carbocycles. The zero-order valence-corrected chi connectivity index (χ0v) is 31.6. The smallest absolute Gasteiger partial charge is 0.311 e. The van der Waals surface area contributed by atoms with Crippen molar-refractivity contribution in [1.82, 2.24) is 8.61 Å². The molecule has 2 aliphatic rings. The standard InChI is InChI=1S/C36H50N4O8S2/c1-8-26(6)27(7)36(41)47-21-48-38-35-32-15-28(49(43,44)39-17-22(2)13-23(3)18-39)9-11-30(32)34(37-42)31-12-10-29(16-33(31)35)50(45,46)40-19-24(4)14-25(5)20-40/h9-12,15-16,22-27,38H,8,13-14,17-21H2,1-7H3/t22-,23+,24-,25+,26?,27?. The lowest BCUT2D eigenvalue weighted by molar-refractivity contribution is -0.160. The Hall–Kier alpha value is -3.17. The van der Waals surface area contributed by atoms with Crippen molar-refractivity contribution < 1.29 is 31.2 Å². The van der Waals surface area contributed by atoms with Crippen LogP contribution in [0.15, 0.2) is 51.4 Å². The molecule has 0 spiro atoms. The Balaban J connectivity index is 1.63. The van der Waals surface area contributed by atoms with Gasteiger partial charge in [-0.25, -0.2) is 21.7 Å². The van der Waals surface area contributed by atoms with E-state index in [4.69, 9.17) is 9.57 Å². The molecular formula is C36H50N4O8S2. The number of nitrogens with one attached hydrogen (secondary N) is 1. The molecule has 3 aromatic carbocycles. The van der Waals surface area contributed by atoms with Crippen LogP contribution in [-0.4, -0.2) is 64.4 Å². The van der Waals surface area contributed by atoms with E-state index in [1.54, 1.807) is 6.92 Å². The average molecular weight is 731 g/mol. The molecule has 0 aliphatic carbocycles. The van der Waals surface area contributed by atoms with Gasteiger partial charge in [-0.2, -0.15) is 8.61 Å². The summed E-state index contributed by atoms with van der Waals surface area (Å²) in [5, 5.41) is 4.57. The van der Waals surface area contributed by atoms with Crippen LogP contribution in [0, 0.1) is 40.4 Å². The topological polar surface area (TPSA) is 152 Å². The average Bonchev–Trinajstić information content (AvgIpc) is 3.07. The first-order chi connectivity index (χ1) is 23.6. The summed E-state index contributed by atoms with van der Waals surface area (Å²) in [6.45, 7) is 14.9. The van der Waals surface area contributed by atoms with Gasteiger partial charge in [0.1, 0.15) is 5.69 Å². The summed E-state index contributed by atoms with van der Waals surface area (Å²) in [4.78, 5) is 30.8. The minimum absolute atomic E-state index is 0.0134. The Morgan fingerprint density at radius 2 is 1.24 bits per heavy atom. The van der Waals surface area contributed by atoms with Gasteiger partial charge in [0.05, 0.1) is 21.4 Å². The largest absolute Gasteiger partial charge is 0.436 e. The zero-order valence-electron chi connectivity index (χ0n) is 30.0. The maximum atomic E-state index is 14.0. The van der Waals surface area contributed by atoms with Crippen LogP contribution >= 0.6 is 0 Å². The van der Waals surface area contributed by atoms with Gasteiger partial charge in [-0.1, -0.05) is 67.0 Å². The lowest BCUT2D eigenvalue weighted by Gasteiger charge is -2.34. The van der Waals surface area contributed by atoms with Crippen LogP contribution in [0.4, 0.5) is 11.4 Å². The Kier molecular flexibility index (Phi) is 11.6. The molecule has 14 heteroatoms. The Morgan fingerprint density at radius 1 is 0.800 bits per heavy atom. The summed E-state index contributed by atoms with van der Waals surface area (Å²) < 4.78 is 64.3. The van der Waals surface area contributed by atoms with Crippen LogP contribution in [0.25, 0.3) is 21.5 Å². The second kappa shape index (κ2) is 15.2. The predicted molar refractivity (Wildman–Crippen MR) is 195 cm³/mol. The first kappa shape index (κ1) is 38.1. The second-order valence-corrected chi connectivity index (χ2v) is 18.6. The molecule has 5 rings (SSSR count). The van der Waals surface area contributed by atoms with Crippen molar-refractivity contribution in [2.24, 2.45) is 40.7 Å². The van der Waals surface area contributed by atoms with E-state index in [1.807, 2.05) is 41.5 Å². The molecule has 2 unspecified atom stereocenters.